The van der Waals surface area contributed by atoms with Crippen LogP contribution in [0.3, 0.4) is 0 Å². The van der Waals surface area contributed by atoms with Gasteiger partial charge in [0.15, 0.2) is 0 Å². The molecule has 0 unspecified atom stereocenters. The van der Waals surface area contributed by atoms with Gasteiger partial charge in [-0.3, -0.25) is 38.9 Å². The maximum Gasteiger partial charge on any atom is 0.248 e. The summed E-state index contributed by atoms with van der Waals surface area (Å²) >= 11 is 0. The summed E-state index contributed by atoms with van der Waals surface area (Å²) in [7, 11) is 0. The van der Waals surface area contributed by atoms with E-state index in [-0.39, 0.29) is 73.2 Å². The molecule has 4 aliphatic heterocycles. The molecule has 3 aromatic heterocycles. The summed E-state index contributed by atoms with van der Waals surface area (Å²) in [5.41, 5.74) is 7.62. The second-order valence-electron chi connectivity index (χ2n) is 47.5. The van der Waals surface area contributed by atoms with Crippen molar-refractivity contribution in [2.75, 3.05) is 144 Å². The molecule has 2 aliphatic carbocycles. The molecule has 842 valence electrons. The third kappa shape index (κ3) is 74.0. The van der Waals surface area contributed by atoms with Crippen LogP contribution in [0, 0.1) is 58.7 Å². The fourth-order valence-corrected chi connectivity index (χ4v) is 17.0. The van der Waals surface area contributed by atoms with Crippen molar-refractivity contribution in [2.24, 2.45) is 58.7 Å². The summed E-state index contributed by atoms with van der Waals surface area (Å²) in [5, 5.41) is 22.9. The van der Waals surface area contributed by atoms with Gasteiger partial charge in [0.1, 0.15) is 13.2 Å². The number of nitrogens with zero attached hydrogens (tertiary/aromatic N) is 9. The van der Waals surface area contributed by atoms with E-state index in [1.54, 1.807) is 9.80 Å². The summed E-state index contributed by atoms with van der Waals surface area (Å²) < 4.78 is 32.9. The zero-order valence-corrected chi connectivity index (χ0v) is 99.5. The second-order valence-corrected chi connectivity index (χ2v) is 47.5. The maximum atomic E-state index is 11.9. The van der Waals surface area contributed by atoms with Gasteiger partial charge in [0.2, 0.25) is 29.5 Å². The number of ether oxygens (including phenoxy) is 6. The van der Waals surface area contributed by atoms with Gasteiger partial charge in [-0.05, 0) is 294 Å². The Kier molecular flexibility index (Phi) is 75.0. The average Bonchev–Trinajstić information content (AvgIpc) is 1.65. The van der Waals surface area contributed by atoms with Crippen LogP contribution in [0.25, 0.3) is 0 Å². The topological polar surface area (TPSA) is 283 Å². The molecule has 6 aliphatic rings. The Morgan fingerprint density at radius 3 is 0.979 bits per heavy atom. The molecule has 27 heteroatoms. The number of rotatable bonds is 47. The van der Waals surface area contributed by atoms with Gasteiger partial charge >= 0.3 is 0 Å². The molecule has 0 bridgehead atoms. The van der Waals surface area contributed by atoms with Crippen molar-refractivity contribution in [1.82, 2.24) is 81.6 Å². The first kappa shape index (κ1) is 137. The third-order valence-corrected chi connectivity index (χ3v) is 25.1. The summed E-state index contributed by atoms with van der Waals surface area (Å²) in [6, 6.07) is 15.8. The van der Waals surface area contributed by atoms with Crippen molar-refractivity contribution in [3.8, 4) is 0 Å². The van der Waals surface area contributed by atoms with Gasteiger partial charge in [-0.2, -0.15) is 0 Å². The summed E-state index contributed by atoms with van der Waals surface area (Å²) in [5.74, 6) is 7.31. The lowest BCUT2D eigenvalue weighted by molar-refractivity contribution is -0.146. The zero-order valence-electron chi connectivity index (χ0n) is 99.5. The first-order valence-corrected chi connectivity index (χ1v) is 57.0. The maximum absolute atomic E-state index is 11.9. The van der Waals surface area contributed by atoms with Crippen molar-refractivity contribution in [1.29, 1.82) is 0 Å². The number of carbonyl (C=O) groups excluding carboxylic acids is 5. The monoisotopic (exact) mass is 2040 g/mol. The van der Waals surface area contributed by atoms with Gasteiger partial charge in [0, 0.05) is 178 Å². The second kappa shape index (κ2) is 79.3. The Hall–Kier alpha value is -5.76. The highest BCUT2D eigenvalue weighted by molar-refractivity contribution is 5.81. The third-order valence-electron chi connectivity index (χ3n) is 25.1. The van der Waals surface area contributed by atoms with E-state index in [1.807, 2.05) is 151 Å². The molecule has 2 saturated carbocycles. The van der Waals surface area contributed by atoms with E-state index in [9.17, 15) is 24.0 Å². The van der Waals surface area contributed by atoms with Crippen LogP contribution in [0.1, 0.15) is 354 Å². The van der Waals surface area contributed by atoms with Gasteiger partial charge in [0.05, 0.1) is 74.3 Å². The van der Waals surface area contributed by atoms with Crippen molar-refractivity contribution in [2.45, 2.75) is 438 Å². The first-order valence-electron chi connectivity index (χ1n) is 57.0. The molecule has 145 heavy (non-hydrogen) atoms. The Balaban J connectivity index is 0.000000819. The quantitative estimate of drug-likeness (QED) is 0.0277. The Morgan fingerprint density at radius 1 is 0.317 bits per heavy atom. The highest BCUT2D eigenvalue weighted by Gasteiger charge is 2.43. The highest BCUT2D eigenvalue weighted by atomic mass is 16.5. The van der Waals surface area contributed by atoms with Gasteiger partial charge in [-0.15, -0.1) is 0 Å². The SMILES string of the molecule is CC(C)CC(=O)NC(C)C.CC(C)CN1CCC2(CCN(CC(C)C)C2)C1.CC(C)Cc1ccc(CC(C)C)nc1.CC(C)NCC(=O)N1CCN(C(=O)CNC(C)C)CC1.CC(C)NCC1CCC(CNC(C)C)CC1.CC(C)NCc1ccc(CNC(C)C)nc1.CC(C)OCC(=O)N1CCN(C(=O)COC(C)C)CC1.CC(C)OCC1CCC(COC(C)C)CC1.CC(C)OCc1ccc(COC(C)C)nc1. The number of piperazine rings is 2. The van der Waals surface area contributed by atoms with E-state index < -0.39 is 0 Å². The van der Waals surface area contributed by atoms with Crippen LogP contribution >= 0.6 is 0 Å². The van der Waals surface area contributed by atoms with Crippen molar-refractivity contribution in [3.05, 3.63) is 88.8 Å². The molecule has 0 radical (unpaired) electrons. The van der Waals surface area contributed by atoms with Crippen molar-refractivity contribution in [3.63, 3.8) is 0 Å². The van der Waals surface area contributed by atoms with E-state index in [1.165, 1.54) is 133 Å². The van der Waals surface area contributed by atoms with E-state index in [2.05, 4.69) is 225 Å². The molecule has 7 N–H and O–H groups in total. The molecule has 5 amide bonds. The Morgan fingerprint density at radius 2 is 0.648 bits per heavy atom. The average molecular weight is 2040 g/mol. The largest absolute Gasteiger partial charge is 0.379 e. The number of nitrogens with one attached hydrogen (secondary N) is 7. The number of hydrogen-bond donors (Lipinski definition) is 7. The van der Waals surface area contributed by atoms with Crippen LogP contribution < -0.4 is 37.2 Å². The molecule has 0 atom stereocenters. The van der Waals surface area contributed by atoms with Crippen molar-refractivity contribution >= 4 is 29.5 Å². The van der Waals surface area contributed by atoms with E-state index >= 15 is 0 Å². The lowest BCUT2D eigenvalue weighted by Crippen LogP contribution is -2.54. The number of pyridine rings is 3. The molecule has 9 rings (SSSR count). The minimum absolute atomic E-state index is 0.00997. The van der Waals surface area contributed by atoms with Gasteiger partial charge in [-0.1, -0.05) is 171 Å². The summed E-state index contributed by atoms with van der Waals surface area (Å²) in [4.78, 5) is 84.3. The summed E-state index contributed by atoms with van der Waals surface area (Å²) in [6.45, 7) is 97.1. The van der Waals surface area contributed by atoms with Crippen LogP contribution in [0.15, 0.2) is 55.0 Å². The van der Waals surface area contributed by atoms with E-state index in [4.69, 9.17) is 28.4 Å². The predicted octanol–water partition coefficient (Wildman–Crippen LogP) is 19.3. The fourth-order valence-electron chi connectivity index (χ4n) is 17.0. The normalized spacial score (nSPS) is 17.7. The van der Waals surface area contributed by atoms with Crippen LogP contribution in [-0.2, 0) is 91.5 Å². The van der Waals surface area contributed by atoms with E-state index in [0.29, 0.717) is 157 Å². The molecule has 3 aromatic rings. The number of likely N-dealkylation sites (tertiary alicyclic amines) is 2. The molecular weight excluding hydrogens is 1820 g/mol. The predicted molar refractivity (Wildman–Crippen MR) is 605 cm³/mol. The first-order chi connectivity index (χ1) is 68.2. The van der Waals surface area contributed by atoms with Crippen molar-refractivity contribution < 1.29 is 52.4 Å². The molecule has 1 spiro atoms. The zero-order chi connectivity index (χ0) is 109. The minimum atomic E-state index is -0.00997. The van der Waals surface area contributed by atoms with Gasteiger partial charge in [-0.25, -0.2) is 0 Å². The number of carbonyl (C=O) groups is 5. The molecule has 4 saturated heterocycles. The van der Waals surface area contributed by atoms with E-state index in [0.717, 1.165) is 91.6 Å². The molecule has 7 heterocycles. The van der Waals surface area contributed by atoms with Crippen LogP contribution in [0.4, 0.5) is 0 Å². The lowest BCUT2D eigenvalue weighted by atomic mass is 9.82. The summed E-state index contributed by atoms with van der Waals surface area (Å²) in [6.07, 6.45) is 23.9. The Bertz CT molecular complexity index is 3280. The number of hydrogen-bond acceptors (Lipinski definition) is 22. The highest BCUT2D eigenvalue weighted by Crippen LogP contribution is 2.40. The fraction of sp³-hybridized carbons (Fsp3) is 0.831. The van der Waals surface area contributed by atoms with Gasteiger partial charge < -0.3 is 95.0 Å². The van der Waals surface area contributed by atoms with Gasteiger partial charge in [0.25, 0.3) is 0 Å². The Labute approximate surface area is 888 Å². The van der Waals surface area contributed by atoms with Crippen LogP contribution in [0.5, 0.6) is 0 Å². The standard InChI is InChI=1S/C15H30N2.C14H28N4O2.C14H26N2O4.C14H30N2.C14H28O2.C13H23N3.C13H21NO2.C13H21N.C8H17NO/c1-13(2)9-16-7-5-15(11-16)6-8-17(12-15)10-14(3)4;1-11(2)15-9-13(19)17-5-7-18(8-6-17)14(20)10-16-12(3)4;1-11(2)19-9-13(17)15-5-7-16(8-6-15)14(18)10-20-12(3)4;2*1-11(2)15-9-13-5-7-14(8-6-13)10-16-12(3)4;1-10(2)14-7-12-5-6-13(16-8-12)9-15-11(3)4;1-10(2)15-8-12-5-6-13(14-7-12)9-16-11(3)4;1-10(2)7-12-5-6-13(14-9-12)8-11(3)4;1-6(2)5-8(10)9-7(3)4/h13-14H,5-12H2,1-4H3;11-12,15-16H,5-10H2,1-4H3;11-12H,5-10H2,1-4H3;11-16H,5-10H2,1-4H3;11-14H,5-10H2,1-4H3;5-6,8,10-11,14-15H,7,9H2,1-4H3;5-7,10-11H,8-9H2,1-4H3;5-6,9-11H,7-8H2,1-4H3;6-7H,5H2,1-4H3,(H,9,10). The molecule has 27 nitrogen and oxygen atoms in total. The molecule has 6 fully saturated rings. The lowest BCUT2D eigenvalue weighted by Gasteiger charge is -2.35. The smallest absolute Gasteiger partial charge is 0.248 e. The van der Waals surface area contributed by atoms with Crippen LogP contribution in [0.2, 0.25) is 0 Å². The van der Waals surface area contributed by atoms with Crippen LogP contribution in [-0.4, -0.2) is 297 Å². The number of aromatic nitrogens is 3. The minimum Gasteiger partial charge on any atom is -0.379 e. The molecule has 0 aromatic carbocycles. The molecular formula is C118H224N16O11. The number of amides is 5.